The third kappa shape index (κ3) is 4.27. The van der Waals surface area contributed by atoms with Crippen molar-refractivity contribution < 1.29 is 22.1 Å². The molecule has 0 aliphatic carbocycles. The Kier molecular flexibility index (Phi) is 5.39. The molecule has 0 unspecified atom stereocenters. The minimum atomic E-state index is -4.03. The maximum atomic E-state index is 12.5. The highest BCUT2D eigenvalue weighted by atomic mass is 35.5. The van der Waals surface area contributed by atoms with E-state index in [4.69, 9.17) is 20.5 Å². The molecule has 0 aromatic heterocycles. The first-order valence-electron chi connectivity index (χ1n) is 8.79. The van der Waals surface area contributed by atoms with Crippen molar-refractivity contribution in [2.24, 2.45) is 4.99 Å². The molecule has 0 N–H and O–H groups in total. The van der Waals surface area contributed by atoms with Crippen molar-refractivity contribution >= 4 is 39.7 Å². The first kappa shape index (κ1) is 19.9. The first-order chi connectivity index (χ1) is 14.4. The van der Waals surface area contributed by atoms with E-state index in [2.05, 4.69) is 4.99 Å². The number of rotatable bonds is 5. The van der Waals surface area contributed by atoms with Gasteiger partial charge in [-0.2, -0.15) is 8.42 Å². The van der Waals surface area contributed by atoms with E-state index in [1.54, 1.807) is 60.7 Å². The molecule has 0 saturated carbocycles. The molecule has 1 aliphatic rings. The summed E-state index contributed by atoms with van der Waals surface area (Å²) in [6.07, 6.45) is 1.42. The van der Waals surface area contributed by atoms with Crippen LogP contribution in [0.5, 0.6) is 5.75 Å². The van der Waals surface area contributed by atoms with Crippen LogP contribution in [-0.2, 0) is 19.6 Å². The Morgan fingerprint density at radius 3 is 2.30 bits per heavy atom. The van der Waals surface area contributed by atoms with Gasteiger partial charge in [0.15, 0.2) is 5.70 Å². The van der Waals surface area contributed by atoms with E-state index in [-0.39, 0.29) is 22.2 Å². The lowest BCUT2D eigenvalue weighted by Gasteiger charge is -2.09. The van der Waals surface area contributed by atoms with Crippen LogP contribution >= 0.6 is 11.6 Å². The Labute approximate surface area is 178 Å². The van der Waals surface area contributed by atoms with Gasteiger partial charge < -0.3 is 8.92 Å². The van der Waals surface area contributed by atoms with Crippen LogP contribution in [0.4, 0.5) is 0 Å². The number of cyclic esters (lactones) is 1. The molecule has 0 amide bonds. The average Bonchev–Trinajstić information content (AvgIpc) is 3.11. The predicted octanol–water partition coefficient (Wildman–Crippen LogP) is 4.45. The minimum absolute atomic E-state index is 0.0214. The van der Waals surface area contributed by atoms with Crippen LogP contribution in [0.3, 0.4) is 0 Å². The number of benzene rings is 3. The number of para-hydroxylation sites is 1. The highest BCUT2D eigenvalue weighted by Crippen LogP contribution is 2.27. The molecule has 4 rings (SSSR count). The van der Waals surface area contributed by atoms with Gasteiger partial charge in [0, 0.05) is 16.1 Å². The third-order valence-corrected chi connectivity index (χ3v) is 5.65. The van der Waals surface area contributed by atoms with E-state index >= 15 is 0 Å². The highest BCUT2D eigenvalue weighted by Gasteiger charge is 2.25. The van der Waals surface area contributed by atoms with Crippen LogP contribution in [0.1, 0.15) is 11.1 Å². The molecule has 0 bridgehead atoms. The summed E-state index contributed by atoms with van der Waals surface area (Å²) < 4.78 is 35.6. The molecule has 30 heavy (non-hydrogen) atoms. The summed E-state index contributed by atoms with van der Waals surface area (Å²) in [5, 5.41) is 0.546. The van der Waals surface area contributed by atoms with E-state index in [0.29, 0.717) is 16.1 Å². The quantitative estimate of drug-likeness (QED) is 0.333. The highest BCUT2D eigenvalue weighted by molar-refractivity contribution is 7.87. The van der Waals surface area contributed by atoms with Gasteiger partial charge in [0.2, 0.25) is 5.90 Å². The third-order valence-electron chi connectivity index (χ3n) is 4.15. The van der Waals surface area contributed by atoms with E-state index in [1.165, 1.54) is 24.3 Å². The van der Waals surface area contributed by atoms with Crippen LogP contribution in [0.15, 0.2) is 94.4 Å². The maximum absolute atomic E-state index is 12.5. The van der Waals surface area contributed by atoms with Crippen molar-refractivity contribution in [1.29, 1.82) is 0 Å². The van der Waals surface area contributed by atoms with Gasteiger partial charge in [0.25, 0.3) is 0 Å². The summed E-state index contributed by atoms with van der Waals surface area (Å²) >= 11 is 5.88. The van der Waals surface area contributed by atoms with Crippen molar-refractivity contribution in [1.82, 2.24) is 0 Å². The Hall–Kier alpha value is -3.42. The molecule has 0 atom stereocenters. The number of aliphatic imine (C=N–C) groups is 1. The van der Waals surface area contributed by atoms with E-state index in [1.807, 2.05) is 0 Å². The van der Waals surface area contributed by atoms with Crippen molar-refractivity contribution in [2.75, 3.05) is 0 Å². The van der Waals surface area contributed by atoms with Gasteiger partial charge in [-0.25, -0.2) is 9.79 Å². The van der Waals surface area contributed by atoms with Gasteiger partial charge in [-0.1, -0.05) is 48.0 Å². The lowest BCUT2D eigenvalue weighted by atomic mass is 10.1. The van der Waals surface area contributed by atoms with Crippen LogP contribution in [0.2, 0.25) is 5.02 Å². The molecule has 1 heterocycles. The molecule has 8 heteroatoms. The predicted molar refractivity (Wildman–Crippen MR) is 113 cm³/mol. The molecule has 0 fully saturated rings. The zero-order valence-corrected chi connectivity index (χ0v) is 16.9. The fourth-order valence-electron chi connectivity index (χ4n) is 2.70. The first-order valence-corrected chi connectivity index (χ1v) is 10.6. The van der Waals surface area contributed by atoms with E-state index in [0.717, 1.165) is 0 Å². The SMILES string of the molecule is O=C1OC(c2ccc(Cl)cc2)=N/C1=C/c1ccccc1OS(=O)(=O)c1ccccc1. The van der Waals surface area contributed by atoms with Crippen molar-refractivity contribution in [2.45, 2.75) is 4.90 Å². The summed E-state index contributed by atoms with van der Waals surface area (Å²) in [5.74, 6) is -0.448. The second-order valence-corrected chi connectivity index (χ2v) is 8.21. The standard InChI is InChI=1S/C22H14ClNO5S/c23-17-12-10-15(11-13-17)21-24-19(22(25)28-21)14-16-6-4-5-9-20(16)29-30(26,27)18-7-2-1-3-8-18/h1-14H/b19-14+. The second kappa shape index (κ2) is 8.14. The van der Waals surface area contributed by atoms with Crippen LogP contribution < -0.4 is 4.18 Å². The summed E-state index contributed by atoms with van der Waals surface area (Å²) in [6, 6.07) is 20.9. The Bertz CT molecular complexity index is 1270. The van der Waals surface area contributed by atoms with E-state index in [9.17, 15) is 13.2 Å². The van der Waals surface area contributed by atoms with Crippen LogP contribution in [-0.4, -0.2) is 20.3 Å². The number of halogens is 1. The lowest BCUT2D eigenvalue weighted by Crippen LogP contribution is -2.10. The number of ether oxygens (including phenoxy) is 1. The fraction of sp³-hybridized carbons (Fsp3) is 0. The number of carbonyl (C=O) groups is 1. The van der Waals surface area contributed by atoms with Crippen molar-refractivity contribution in [3.05, 3.63) is 101 Å². The van der Waals surface area contributed by atoms with E-state index < -0.39 is 16.1 Å². The largest absolute Gasteiger partial charge is 0.402 e. The van der Waals surface area contributed by atoms with Gasteiger partial charge in [-0.15, -0.1) is 0 Å². The second-order valence-electron chi connectivity index (χ2n) is 6.23. The van der Waals surface area contributed by atoms with Gasteiger partial charge in [-0.3, -0.25) is 0 Å². The van der Waals surface area contributed by atoms with Crippen LogP contribution in [0.25, 0.3) is 6.08 Å². The van der Waals surface area contributed by atoms with Gasteiger partial charge in [0.1, 0.15) is 10.6 Å². The molecule has 6 nitrogen and oxygen atoms in total. The summed E-state index contributed by atoms with van der Waals surface area (Å²) in [7, 11) is -4.03. The summed E-state index contributed by atoms with van der Waals surface area (Å²) in [6.45, 7) is 0. The average molecular weight is 440 g/mol. The number of carbonyl (C=O) groups excluding carboxylic acids is 1. The summed E-state index contributed by atoms with van der Waals surface area (Å²) in [4.78, 5) is 16.5. The minimum Gasteiger partial charge on any atom is -0.402 e. The molecule has 3 aromatic rings. The smallest absolute Gasteiger partial charge is 0.363 e. The number of nitrogens with zero attached hydrogens (tertiary/aromatic N) is 1. The molecule has 0 spiro atoms. The fourth-order valence-corrected chi connectivity index (χ4v) is 3.80. The Morgan fingerprint density at radius 1 is 0.900 bits per heavy atom. The zero-order valence-electron chi connectivity index (χ0n) is 15.4. The van der Waals surface area contributed by atoms with Crippen molar-refractivity contribution in [3.63, 3.8) is 0 Å². The molecule has 1 aliphatic heterocycles. The van der Waals surface area contributed by atoms with Gasteiger partial charge >= 0.3 is 16.1 Å². The van der Waals surface area contributed by atoms with Gasteiger partial charge in [0.05, 0.1) is 0 Å². The topological polar surface area (TPSA) is 82.0 Å². The molecule has 3 aromatic carbocycles. The number of esters is 1. The normalized spacial score (nSPS) is 15.0. The molecule has 0 saturated heterocycles. The number of hydrogen-bond donors (Lipinski definition) is 0. The van der Waals surface area contributed by atoms with Crippen molar-refractivity contribution in [3.8, 4) is 5.75 Å². The summed E-state index contributed by atoms with van der Waals surface area (Å²) in [5.41, 5.74) is 0.977. The maximum Gasteiger partial charge on any atom is 0.363 e. The molecular formula is C22H14ClNO5S. The molecule has 150 valence electrons. The Morgan fingerprint density at radius 2 is 1.57 bits per heavy atom. The molecule has 0 radical (unpaired) electrons. The zero-order chi connectivity index (χ0) is 21.1. The monoisotopic (exact) mass is 439 g/mol. The lowest BCUT2D eigenvalue weighted by molar-refractivity contribution is -0.129. The molecular weight excluding hydrogens is 426 g/mol. The van der Waals surface area contributed by atoms with Crippen LogP contribution in [0, 0.1) is 0 Å². The Balaban J connectivity index is 1.66. The number of hydrogen-bond acceptors (Lipinski definition) is 6. The van der Waals surface area contributed by atoms with Gasteiger partial charge in [-0.05, 0) is 48.5 Å².